The number of nitrogens with two attached hydrogens (primary N) is 1. The van der Waals surface area contributed by atoms with Gasteiger partial charge in [-0.15, -0.1) is 11.3 Å². The van der Waals surface area contributed by atoms with Gasteiger partial charge in [-0.05, 0) is 18.2 Å². The largest absolute Gasteiger partial charge is 0.492 e. The van der Waals surface area contributed by atoms with Gasteiger partial charge in [-0.3, -0.25) is 0 Å². The minimum atomic E-state index is -0.380. The van der Waals surface area contributed by atoms with Crippen LogP contribution in [0.5, 0.6) is 5.75 Å². The van der Waals surface area contributed by atoms with E-state index in [2.05, 4.69) is 4.98 Å². The van der Waals surface area contributed by atoms with Crippen LogP contribution in [0.15, 0.2) is 23.6 Å². The van der Waals surface area contributed by atoms with E-state index in [4.69, 9.17) is 22.1 Å². The predicted octanol–water partition coefficient (Wildman–Crippen LogP) is 3.14. The SMILES string of the molecule is Nc1nc(CCOc2ccc(F)cc2Cl)cs1. The van der Waals surface area contributed by atoms with Crippen molar-refractivity contribution < 1.29 is 9.13 Å². The summed E-state index contributed by atoms with van der Waals surface area (Å²) in [6, 6.07) is 4.03. The van der Waals surface area contributed by atoms with Crippen LogP contribution in [0.3, 0.4) is 0 Å². The van der Waals surface area contributed by atoms with Gasteiger partial charge in [0, 0.05) is 11.8 Å². The first-order valence-electron chi connectivity index (χ1n) is 4.93. The second-order valence-electron chi connectivity index (χ2n) is 3.35. The Hall–Kier alpha value is -1.33. The summed E-state index contributed by atoms with van der Waals surface area (Å²) < 4.78 is 18.2. The van der Waals surface area contributed by atoms with Crippen LogP contribution in [0.1, 0.15) is 5.69 Å². The summed E-state index contributed by atoms with van der Waals surface area (Å²) in [5.74, 6) is 0.0888. The van der Waals surface area contributed by atoms with Crippen molar-refractivity contribution in [1.82, 2.24) is 4.98 Å². The van der Waals surface area contributed by atoms with Crippen molar-refractivity contribution in [3.05, 3.63) is 40.1 Å². The Balaban J connectivity index is 1.90. The molecule has 3 nitrogen and oxygen atoms in total. The van der Waals surface area contributed by atoms with Crippen LogP contribution in [-0.4, -0.2) is 11.6 Å². The average molecular weight is 273 g/mol. The van der Waals surface area contributed by atoms with Gasteiger partial charge >= 0.3 is 0 Å². The molecule has 2 rings (SSSR count). The molecule has 2 aromatic rings. The van der Waals surface area contributed by atoms with Crippen molar-refractivity contribution in [1.29, 1.82) is 0 Å². The quantitative estimate of drug-likeness (QED) is 0.930. The molecule has 1 aromatic carbocycles. The molecular formula is C11H10ClFN2OS. The fourth-order valence-corrected chi connectivity index (χ4v) is 2.11. The van der Waals surface area contributed by atoms with Gasteiger partial charge in [-0.2, -0.15) is 0 Å². The highest BCUT2D eigenvalue weighted by atomic mass is 35.5. The Labute approximate surface area is 107 Å². The van der Waals surface area contributed by atoms with E-state index < -0.39 is 0 Å². The number of benzene rings is 1. The number of rotatable bonds is 4. The molecule has 0 amide bonds. The Bertz CT molecular complexity index is 518. The van der Waals surface area contributed by atoms with E-state index in [-0.39, 0.29) is 10.8 Å². The maximum absolute atomic E-state index is 12.8. The number of hydrogen-bond donors (Lipinski definition) is 1. The molecule has 2 N–H and O–H groups in total. The molecule has 0 aliphatic rings. The smallest absolute Gasteiger partial charge is 0.180 e. The van der Waals surface area contributed by atoms with E-state index in [0.29, 0.717) is 23.9 Å². The van der Waals surface area contributed by atoms with Gasteiger partial charge in [0.1, 0.15) is 11.6 Å². The van der Waals surface area contributed by atoms with Gasteiger partial charge in [-0.25, -0.2) is 9.37 Å². The van der Waals surface area contributed by atoms with Gasteiger partial charge in [-0.1, -0.05) is 11.6 Å². The first-order valence-corrected chi connectivity index (χ1v) is 6.18. The zero-order chi connectivity index (χ0) is 12.3. The molecule has 0 spiro atoms. The van der Waals surface area contributed by atoms with Gasteiger partial charge in [0.2, 0.25) is 0 Å². The highest BCUT2D eigenvalue weighted by Crippen LogP contribution is 2.25. The first kappa shape index (κ1) is 12.1. The minimum Gasteiger partial charge on any atom is -0.492 e. The molecule has 1 heterocycles. The predicted molar refractivity (Wildman–Crippen MR) is 67.1 cm³/mol. The Morgan fingerprint density at radius 2 is 2.29 bits per heavy atom. The van der Waals surface area contributed by atoms with Crippen LogP contribution in [0.4, 0.5) is 9.52 Å². The molecular weight excluding hydrogens is 263 g/mol. The molecule has 0 aliphatic heterocycles. The van der Waals surface area contributed by atoms with Crippen molar-refractivity contribution >= 4 is 28.1 Å². The molecule has 0 fully saturated rings. The Morgan fingerprint density at radius 1 is 1.47 bits per heavy atom. The molecule has 1 aromatic heterocycles. The highest BCUT2D eigenvalue weighted by molar-refractivity contribution is 7.13. The van der Waals surface area contributed by atoms with E-state index in [0.717, 1.165) is 5.69 Å². The van der Waals surface area contributed by atoms with Crippen molar-refractivity contribution in [2.45, 2.75) is 6.42 Å². The number of hydrogen-bond acceptors (Lipinski definition) is 4. The van der Waals surface area contributed by atoms with E-state index >= 15 is 0 Å². The summed E-state index contributed by atoms with van der Waals surface area (Å²) in [6.45, 7) is 0.425. The molecule has 6 heteroatoms. The van der Waals surface area contributed by atoms with Crippen LogP contribution < -0.4 is 10.5 Å². The fraction of sp³-hybridized carbons (Fsp3) is 0.182. The number of thiazole rings is 1. The summed E-state index contributed by atoms with van der Waals surface area (Å²) in [7, 11) is 0. The lowest BCUT2D eigenvalue weighted by atomic mass is 10.3. The molecule has 0 bridgehead atoms. The Morgan fingerprint density at radius 3 is 2.94 bits per heavy atom. The number of anilines is 1. The number of nitrogens with zero attached hydrogens (tertiary/aromatic N) is 1. The topological polar surface area (TPSA) is 48.1 Å². The van der Waals surface area contributed by atoms with Gasteiger partial charge in [0.15, 0.2) is 5.13 Å². The standard InChI is InChI=1S/C11H10ClFN2OS/c12-9-5-7(13)1-2-10(9)16-4-3-8-6-17-11(14)15-8/h1-2,5-6H,3-4H2,(H2,14,15). The Kier molecular flexibility index (Phi) is 3.81. The molecule has 0 radical (unpaired) electrons. The summed E-state index contributed by atoms with van der Waals surface area (Å²) >= 11 is 7.21. The molecule has 90 valence electrons. The molecule has 0 saturated carbocycles. The fourth-order valence-electron chi connectivity index (χ4n) is 1.30. The van der Waals surface area contributed by atoms with E-state index in [1.54, 1.807) is 0 Å². The average Bonchev–Trinajstić information content (AvgIpc) is 2.68. The molecule has 17 heavy (non-hydrogen) atoms. The van der Waals surface area contributed by atoms with Crippen LogP contribution >= 0.6 is 22.9 Å². The summed E-state index contributed by atoms with van der Waals surface area (Å²) in [4.78, 5) is 4.10. The first-order chi connectivity index (χ1) is 8.15. The van der Waals surface area contributed by atoms with Crippen LogP contribution in [0.2, 0.25) is 5.02 Å². The summed E-state index contributed by atoms with van der Waals surface area (Å²) in [5.41, 5.74) is 6.39. The zero-order valence-corrected chi connectivity index (χ0v) is 10.4. The van der Waals surface area contributed by atoms with E-state index in [1.165, 1.54) is 29.5 Å². The molecule has 0 atom stereocenters. The summed E-state index contributed by atoms with van der Waals surface area (Å²) in [6.07, 6.45) is 0.640. The monoisotopic (exact) mass is 272 g/mol. The van der Waals surface area contributed by atoms with Gasteiger partial charge < -0.3 is 10.5 Å². The number of ether oxygens (including phenoxy) is 1. The second kappa shape index (κ2) is 5.33. The van der Waals surface area contributed by atoms with Crippen LogP contribution in [0.25, 0.3) is 0 Å². The van der Waals surface area contributed by atoms with Crippen LogP contribution in [0, 0.1) is 5.82 Å². The van der Waals surface area contributed by atoms with E-state index in [1.807, 2.05) is 5.38 Å². The molecule has 0 aliphatic carbocycles. The lowest BCUT2D eigenvalue weighted by Gasteiger charge is -2.06. The minimum absolute atomic E-state index is 0.266. The highest BCUT2D eigenvalue weighted by Gasteiger charge is 2.04. The third-order valence-corrected chi connectivity index (χ3v) is 3.10. The summed E-state index contributed by atoms with van der Waals surface area (Å²) in [5, 5.41) is 2.69. The number of aromatic nitrogens is 1. The third kappa shape index (κ3) is 3.31. The normalized spacial score (nSPS) is 10.5. The van der Waals surface area contributed by atoms with Crippen molar-refractivity contribution in [3.63, 3.8) is 0 Å². The maximum atomic E-state index is 12.8. The van der Waals surface area contributed by atoms with Crippen LogP contribution in [-0.2, 0) is 6.42 Å². The third-order valence-electron chi connectivity index (χ3n) is 2.08. The lowest BCUT2D eigenvalue weighted by molar-refractivity contribution is 0.320. The van der Waals surface area contributed by atoms with Crippen molar-refractivity contribution in [3.8, 4) is 5.75 Å². The van der Waals surface area contributed by atoms with Gasteiger partial charge in [0.05, 0.1) is 17.3 Å². The number of halogens is 2. The van der Waals surface area contributed by atoms with Crippen molar-refractivity contribution in [2.24, 2.45) is 0 Å². The van der Waals surface area contributed by atoms with Gasteiger partial charge in [0.25, 0.3) is 0 Å². The molecule has 0 unspecified atom stereocenters. The molecule has 0 saturated heterocycles. The lowest BCUT2D eigenvalue weighted by Crippen LogP contribution is -2.02. The van der Waals surface area contributed by atoms with Crippen molar-refractivity contribution in [2.75, 3.05) is 12.3 Å². The maximum Gasteiger partial charge on any atom is 0.180 e. The zero-order valence-electron chi connectivity index (χ0n) is 8.82. The van der Waals surface area contributed by atoms with E-state index in [9.17, 15) is 4.39 Å². The number of nitrogen functional groups attached to an aromatic ring is 1. The second-order valence-corrected chi connectivity index (χ2v) is 4.65.